The number of nitrogens with zero attached hydrogens (tertiary/aromatic N) is 1. The number of nitrogens with one attached hydrogen (secondary N) is 1. The van der Waals surface area contributed by atoms with Gasteiger partial charge in [-0.1, -0.05) is 19.3 Å². The minimum absolute atomic E-state index is 0.192. The summed E-state index contributed by atoms with van der Waals surface area (Å²) in [5.41, 5.74) is 0. The van der Waals surface area contributed by atoms with Crippen LogP contribution in [0.1, 0.15) is 38.5 Å². The first-order chi connectivity index (χ1) is 10.0. The van der Waals surface area contributed by atoms with Crippen molar-refractivity contribution >= 4 is 0 Å². The molecule has 124 valence electrons. The summed E-state index contributed by atoms with van der Waals surface area (Å²) in [5.74, 6) is 0.781. The van der Waals surface area contributed by atoms with Crippen molar-refractivity contribution in [1.29, 1.82) is 0 Å². The quantitative estimate of drug-likeness (QED) is 0.764. The van der Waals surface area contributed by atoms with E-state index >= 15 is 0 Å². The lowest BCUT2D eigenvalue weighted by atomic mass is 9.83. The fraction of sp³-hybridized carbons (Fsp3) is 1.00. The highest BCUT2D eigenvalue weighted by molar-refractivity contribution is 4.85. The highest BCUT2D eigenvalue weighted by Gasteiger charge is 2.28. The van der Waals surface area contributed by atoms with Crippen LogP contribution in [0.25, 0.3) is 0 Å². The molecule has 3 nitrogen and oxygen atoms in total. The van der Waals surface area contributed by atoms with Gasteiger partial charge in [0.15, 0.2) is 0 Å². The topological polar surface area (TPSA) is 24.5 Å². The summed E-state index contributed by atoms with van der Waals surface area (Å²) in [6.07, 6.45) is 3.15. The van der Waals surface area contributed by atoms with E-state index < -0.39 is 12.8 Å². The van der Waals surface area contributed by atoms with Crippen molar-refractivity contribution < 1.29 is 17.9 Å². The minimum atomic E-state index is -4.21. The van der Waals surface area contributed by atoms with Crippen molar-refractivity contribution in [2.24, 2.45) is 5.92 Å². The Morgan fingerprint density at radius 3 is 2.62 bits per heavy atom. The Balaban J connectivity index is 1.60. The first kappa shape index (κ1) is 17.0. The summed E-state index contributed by atoms with van der Waals surface area (Å²) in [5, 5.41) is 3.62. The third kappa shape index (κ3) is 6.53. The molecule has 1 aliphatic heterocycles. The van der Waals surface area contributed by atoms with E-state index in [1.165, 1.54) is 32.1 Å². The first-order valence-electron chi connectivity index (χ1n) is 8.15. The zero-order valence-corrected chi connectivity index (χ0v) is 12.6. The number of ether oxygens (including phenoxy) is 1. The molecule has 0 aromatic heterocycles. The van der Waals surface area contributed by atoms with Crippen molar-refractivity contribution in [3.05, 3.63) is 0 Å². The van der Waals surface area contributed by atoms with Crippen LogP contribution in [-0.4, -0.2) is 56.5 Å². The minimum Gasteiger partial charge on any atom is -0.372 e. The predicted molar refractivity (Wildman–Crippen MR) is 76.3 cm³/mol. The molecule has 0 spiro atoms. The molecule has 0 radical (unpaired) electrons. The van der Waals surface area contributed by atoms with Crippen LogP contribution in [0.3, 0.4) is 0 Å². The fourth-order valence-electron chi connectivity index (χ4n) is 3.48. The lowest BCUT2D eigenvalue weighted by Crippen LogP contribution is -2.54. The Hall–Kier alpha value is -0.330. The summed E-state index contributed by atoms with van der Waals surface area (Å²) in [7, 11) is 0. The molecular weight excluding hydrogens is 281 g/mol. The van der Waals surface area contributed by atoms with Gasteiger partial charge in [-0.15, -0.1) is 0 Å². The number of hydrogen-bond donors (Lipinski definition) is 1. The van der Waals surface area contributed by atoms with Gasteiger partial charge in [-0.25, -0.2) is 0 Å². The predicted octanol–water partition coefficient (Wildman–Crippen LogP) is 2.81. The average Bonchev–Trinajstić information content (AvgIpc) is 2.47. The average molecular weight is 308 g/mol. The molecule has 2 aliphatic rings. The molecule has 1 unspecified atom stereocenters. The molecule has 6 heteroatoms. The molecule has 1 saturated heterocycles. The van der Waals surface area contributed by atoms with Crippen LogP contribution in [-0.2, 0) is 4.74 Å². The molecule has 1 atom stereocenters. The highest BCUT2D eigenvalue weighted by Crippen LogP contribution is 2.27. The van der Waals surface area contributed by atoms with Gasteiger partial charge < -0.3 is 15.0 Å². The number of alkyl halides is 3. The second-order valence-corrected chi connectivity index (χ2v) is 6.28. The second-order valence-electron chi connectivity index (χ2n) is 6.28. The standard InChI is InChI=1S/C15H27F3N2O/c16-15(17,18)12-21-10-4-8-20-9-7-19-14(11-20)13-5-2-1-3-6-13/h13-14,19H,1-12H2. The maximum atomic E-state index is 12.0. The normalized spacial score (nSPS) is 26.1. The van der Waals surface area contributed by atoms with Gasteiger partial charge in [-0.05, 0) is 25.2 Å². The maximum absolute atomic E-state index is 12.0. The van der Waals surface area contributed by atoms with Gasteiger partial charge in [0, 0.05) is 38.8 Å². The van der Waals surface area contributed by atoms with Crippen LogP contribution in [0.5, 0.6) is 0 Å². The molecule has 21 heavy (non-hydrogen) atoms. The Labute approximate surface area is 125 Å². The Kier molecular flexibility index (Phi) is 6.76. The molecule has 1 saturated carbocycles. The molecule has 1 aliphatic carbocycles. The van der Waals surface area contributed by atoms with E-state index in [9.17, 15) is 13.2 Å². The van der Waals surface area contributed by atoms with Gasteiger partial charge in [0.25, 0.3) is 0 Å². The Bertz CT molecular complexity index is 293. The van der Waals surface area contributed by atoms with E-state index in [4.69, 9.17) is 0 Å². The van der Waals surface area contributed by atoms with Crippen LogP contribution in [0.4, 0.5) is 13.2 Å². The number of halogens is 3. The van der Waals surface area contributed by atoms with Crippen LogP contribution in [0.15, 0.2) is 0 Å². The van der Waals surface area contributed by atoms with Crippen LogP contribution in [0, 0.1) is 5.92 Å². The third-order valence-corrected chi connectivity index (χ3v) is 4.54. The largest absolute Gasteiger partial charge is 0.411 e. The van der Waals surface area contributed by atoms with Crippen molar-refractivity contribution in [2.75, 3.05) is 39.4 Å². The molecular formula is C15H27F3N2O. The molecule has 2 fully saturated rings. The van der Waals surface area contributed by atoms with Gasteiger partial charge in [0.1, 0.15) is 6.61 Å². The molecule has 0 amide bonds. The van der Waals surface area contributed by atoms with E-state index in [0.29, 0.717) is 12.5 Å². The lowest BCUT2D eigenvalue weighted by molar-refractivity contribution is -0.174. The zero-order valence-electron chi connectivity index (χ0n) is 12.6. The SMILES string of the molecule is FC(F)(F)COCCCN1CCNC(C2CCCCC2)C1. The summed E-state index contributed by atoms with van der Waals surface area (Å²) >= 11 is 0. The zero-order chi connectivity index (χ0) is 15.1. The number of rotatable bonds is 6. The van der Waals surface area contributed by atoms with E-state index in [2.05, 4.69) is 15.0 Å². The summed E-state index contributed by atoms with van der Waals surface area (Å²) < 4.78 is 40.5. The molecule has 0 aromatic rings. The van der Waals surface area contributed by atoms with E-state index in [-0.39, 0.29) is 6.61 Å². The van der Waals surface area contributed by atoms with Gasteiger partial charge in [-0.2, -0.15) is 13.2 Å². The lowest BCUT2D eigenvalue weighted by Gasteiger charge is -2.39. The molecule has 0 bridgehead atoms. The number of hydrogen-bond acceptors (Lipinski definition) is 3. The van der Waals surface area contributed by atoms with Crippen LogP contribution in [0.2, 0.25) is 0 Å². The Morgan fingerprint density at radius 1 is 1.14 bits per heavy atom. The summed E-state index contributed by atoms with van der Waals surface area (Å²) in [6, 6.07) is 0.565. The van der Waals surface area contributed by atoms with E-state index in [1.54, 1.807) is 0 Å². The van der Waals surface area contributed by atoms with Crippen molar-refractivity contribution in [1.82, 2.24) is 10.2 Å². The van der Waals surface area contributed by atoms with Crippen LogP contribution >= 0.6 is 0 Å². The molecule has 1 heterocycles. The van der Waals surface area contributed by atoms with Crippen LogP contribution < -0.4 is 5.32 Å². The smallest absolute Gasteiger partial charge is 0.372 e. The highest BCUT2D eigenvalue weighted by atomic mass is 19.4. The van der Waals surface area contributed by atoms with Crippen molar-refractivity contribution in [3.8, 4) is 0 Å². The Morgan fingerprint density at radius 2 is 1.90 bits per heavy atom. The summed E-state index contributed by atoms with van der Waals surface area (Å²) in [4.78, 5) is 2.37. The number of piperazine rings is 1. The molecule has 0 aromatic carbocycles. The first-order valence-corrected chi connectivity index (χ1v) is 8.15. The van der Waals surface area contributed by atoms with Gasteiger partial charge in [-0.3, -0.25) is 0 Å². The maximum Gasteiger partial charge on any atom is 0.411 e. The van der Waals surface area contributed by atoms with Crippen molar-refractivity contribution in [2.45, 2.75) is 50.7 Å². The molecule has 1 N–H and O–H groups in total. The van der Waals surface area contributed by atoms with Crippen molar-refractivity contribution in [3.63, 3.8) is 0 Å². The van der Waals surface area contributed by atoms with E-state index in [1.807, 2.05) is 0 Å². The van der Waals surface area contributed by atoms with Gasteiger partial charge in [0.2, 0.25) is 0 Å². The third-order valence-electron chi connectivity index (χ3n) is 4.54. The second kappa shape index (κ2) is 8.34. The molecule has 2 rings (SSSR count). The fourth-order valence-corrected chi connectivity index (χ4v) is 3.48. The van der Waals surface area contributed by atoms with Gasteiger partial charge in [0.05, 0.1) is 0 Å². The van der Waals surface area contributed by atoms with Gasteiger partial charge >= 0.3 is 6.18 Å². The summed E-state index contributed by atoms with van der Waals surface area (Å²) in [6.45, 7) is 2.91. The van der Waals surface area contributed by atoms with E-state index in [0.717, 1.165) is 32.1 Å². The monoisotopic (exact) mass is 308 g/mol.